The van der Waals surface area contributed by atoms with Crippen molar-refractivity contribution in [2.75, 3.05) is 12.3 Å². The standard InChI is InChI=1S/C27H28N2O/c1-26(2)16-29-25(24-21-15-27(3,4)30-23(21)13-12-22(24)26)19-7-5-6-18(14-19)17-8-10-20(28)11-9-17/h5-14H,15-16,28H2,1-4H3. The maximum Gasteiger partial charge on any atom is 0.124 e. The molecule has 0 spiro atoms. The normalized spacial score (nSPS) is 18.2. The summed E-state index contributed by atoms with van der Waals surface area (Å²) in [5.41, 5.74) is 15.0. The lowest BCUT2D eigenvalue weighted by Crippen LogP contribution is -2.31. The maximum absolute atomic E-state index is 6.25. The van der Waals surface area contributed by atoms with Gasteiger partial charge in [-0.05, 0) is 54.8 Å². The summed E-state index contributed by atoms with van der Waals surface area (Å²) in [5.74, 6) is 0.999. The third kappa shape index (κ3) is 3.09. The maximum atomic E-state index is 6.25. The monoisotopic (exact) mass is 396 g/mol. The van der Waals surface area contributed by atoms with E-state index in [-0.39, 0.29) is 11.0 Å². The summed E-state index contributed by atoms with van der Waals surface area (Å²) in [7, 11) is 0. The van der Waals surface area contributed by atoms with E-state index in [0.29, 0.717) is 0 Å². The van der Waals surface area contributed by atoms with E-state index in [1.54, 1.807) is 0 Å². The summed E-state index contributed by atoms with van der Waals surface area (Å²) < 4.78 is 6.25. The van der Waals surface area contributed by atoms with Crippen molar-refractivity contribution in [1.82, 2.24) is 0 Å². The van der Waals surface area contributed by atoms with Gasteiger partial charge in [0.25, 0.3) is 0 Å². The van der Waals surface area contributed by atoms with Gasteiger partial charge in [-0.15, -0.1) is 0 Å². The van der Waals surface area contributed by atoms with Crippen molar-refractivity contribution >= 4 is 11.4 Å². The molecule has 2 aliphatic rings. The van der Waals surface area contributed by atoms with Crippen molar-refractivity contribution in [2.24, 2.45) is 4.99 Å². The van der Waals surface area contributed by atoms with Crippen LogP contribution in [0.15, 0.2) is 65.7 Å². The fourth-order valence-corrected chi connectivity index (χ4v) is 4.69. The van der Waals surface area contributed by atoms with E-state index in [2.05, 4.69) is 76.2 Å². The molecule has 2 N–H and O–H groups in total. The van der Waals surface area contributed by atoms with Gasteiger partial charge in [0.2, 0.25) is 0 Å². The van der Waals surface area contributed by atoms with Crippen LogP contribution in [0.3, 0.4) is 0 Å². The molecule has 30 heavy (non-hydrogen) atoms. The molecule has 2 heterocycles. The minimum atomic E-state index is -0.185. The predicted octanol–water partition coefficient (Wildman–Crippen LogP) is 5.78. The molecule has 3 nitrogen and oxygen atoms in total. The Bertz CT molecular complexity index is 1170. The second kappa shape index (κ2) is 6.46. The lowest BCUT2D eigenvalue weighted by molar-refractivity contribution is 0.138. The van der Waals surface area contributed by atoms with E-state index in [9.17, 15) is 0 Å². The highest BCUT2D eigenvalue weighted by atomic mass is 16.5. The summed E-state index contributed by atoms with van der Waals surface area (Å²) in [6.07, 6.45) is 0.901. The van der Waals surface area contributed by atoms with E-state index < -0.39 is 0 Å². The summed E-state index contributed by atoms with van der Waals surface area (Å²) in [4.78, 5) is 5.11. The number of rotatable bonds is 2. The zero-order valence-corrected chi connectivity index (χ0v) is 18.1. The molecular weight excluding hydrogens is 368 g/mol. The third-order valence-corrected chi connectivity index (χ3v) is 6.24. The number of nitrogen functional groups attached to an aromatic ring is 1. The first kappa shape index (κ1) is 18.9. The SMILES string of the molecule is CC1(C)Cc2c(ccc3c2C(c2cccc(-c4ccc(N)cc4)c2)=NCC3(C)C)O1. The first-order valence-electron chi connectivity index (χ1n) is 10.6. The number of benzene rings is 3. The van der Waals surface area contributed by atoms with E-state index in [4.69, 9.17) is 15.5 Å². The molecule has 5 rings (SSSR count). The lowest BCUT2D eigenvalue weighted by Gasteiger charge is -2.32. The quantitative estimate of drug-likeness (QED) is 0.558. The molecule has 0 saturated carbocycles. The lowest BCUT2D eigenvalue weighted by atomic mass is 9.75. The molecule has 0 amide bonds. The average Bonchev–Trinajstić information content (AvgIpc) is 3.03. The molecule has 152 valence electrons. The second-order valence-corrected chi connectivity index (χ2v) is 9.75. The van der Waals surface area contributed by atoms with Gasteiger partial charge in [-0.2, -0.15) is 0 Å². The molecule has 0 fully saturated rings. The summed E-state index contributed by atoms with van der Waals surface area (Å²) >= 11 is 0. The van der Waals surface area contributed by atoms with Gasteiger partial charge in [-0.3, -0.25) is 4.99 Å². The number of nitrogens with zero attached hydrogens (tertiary/aromatic N) is 1. The number of fused-ring (bicyclic) bond motifs is 3. The van der Waals surface area contributed by atoms with Crippen LogP contribution in [-0.2, 0) is 11.8 Å². The van der Waals surface area contributed by atoms with Gasteiger partial charge in [-0.1, -0.05) is 50.2 Å². The number of ether oxygens (including phenoxy) is 1. The molecule has 0 unspecified atom stereocenters. The van der Waals surface area contributed by atoms with Crippen LogP contribution in [0, 0.1) is 0 Å². The highest BCUT2D eigenvalue weighted by Gasteiger charge is 2.38. The van der Waals surface area contributed by atoms with Crippen LogP contribution in [0.4, 0.5) is 5.69 Å². The summed E-state index contributed by atoms with van der Waals surface area (Å²) in [5, 5.41) is 0. The largest absolute Gasteiger partial charge is 0.487 e. The smallest absolute Gasteiger partial charge is 0.124 e. The topological polar surface area (TPSA) is 47.6 Å². The Morgan fingerprint density at radius 2 is 1.60 bits per heavy atom. The minimum Gasteiger partial charge on any atom is -0.487 e. The fourth-order valence-electron chi connectivity index (χ4n) is 4.69. The number of aliphatic imine (C=N–C) groups is 1. The Hall–Kier alpha value is -3.07. The Kier molecular flexibility index (Phi) is 4.08. The molecule has 0 radical (unpaired) electrons. The molecule has 3 heteroatoms. The molecule has 0 atom stereocenters. The van der Waals surface area contributed by atoms with Gasteiger partial charge >= 0.3 is 0 Å². The van der Waals surface area contributed by atoms with Gasteiger partial charge in [0.15, 0.2) is 0 Å². The first-order valence-corrected chi connectivity index (χ1v) is 10.6. The Morgan fingerprint density at radius 1 is 0.867 bits per heavy atom. The molecule has 2 aliphatic heterocycles. The zero-order chi connectivity index (χ0) is 21.1. The second-order valence-electron chi connectivity index (χ2n) is 9.75. The third-order valence-electron chi connectivity index (χ3n) is 6.24. The van der Waals surface area contributed by atoms with Crippen molar-refractivity contribution in [2.45, 2.75) is 45.1 Å². The Labute approximate surface area is 178 Å². The Balaban J connectivity index is 1.66. The van der Waals surface area contributed by atoms with Gasteiger partial charge in [0, 0.05) is 40.8 Å². The van der Waals surface area contributed by atoms with Crippen molar-refractivity contribution in [3.8, 4) is 16.9 Å². The zero-order valence-electron chi connectivity index (χ0n) is 18.1. The summed E-state index contributed by atoms with van der Waals surface area (Å²) in [6, 6.07) is 21.1. The molecule has 0 bridgehead atoms. The van der Waals surface area contributed by atoms with E-state index in [1.807, 2.05) is 12.1 Å². The number of anilines is 1. The molecule has 0 aliphatic carbocycles. The van der Waals surface area contributed by atoms with E-state index >= 15 is 0 Å². The van der Waals surface area contributed by atoms with Gasteiger partial charge in [0.1, 0.15) is 11.4 Å². The Morgan fingerprint density at radius 3 is 2.37 bits per heavy atom. The van der Waals surface area contributed by atoms with Crippen LogP contribution < -0.4 is 10.5 Å². The van der Waals surface area contributed by atoms with Gasteiger partial charge in [0.05, 0.1) is 5.71 Å². The molecule has 3 aromatic rings. The average molecular weight is 397 g/mol. The van der Waals surface area contributed by atoms with Crippen LogP contribution in [0.25, 0.3) is 11.1 Å². The van der Waals surface area contributed by atoms with Gasteiger partial charge < -0.3 is 10.5 Å². The van der Waals surface area contributed by atoms with Crippen molar-refractivity contribution in [1.29, 1.82) is 0 Å². The van der Waals surface area contributed by atoms with E-state index in [0.717, 1.165) is 41.2 Å². The molecule has 3 aromatic carbocycles. The first-order chi connectivity index (χ1) is 14.2. The van der Waals surface area contributed by atoms with Gasteiger partial charge in [-0.25, -0.2) is 0 Å². The van der Waals surface area contributed by atoms with Crippen molar-refractivity contribution < 1.29 is 4.74 Å². The highest BCUT2D eigenvalue weighted by Crippen LogP contribution is 2.44. The van der Waals surface area contributed by atoms with Crippen molar-refractivity contribution in [3.05, 3.63) is 82.9 Å². The number of nitrogens with two attached hydrogens (primary N) is 1. The molecule has 0 aromatic heterocycles. The fraction of sp³-hybridized carbons (Fsp3) is 0.296. The highest BCUT2D eigenvalue weighted by molar-refractivity contribution is 6.16. The van der Waals surface area contributed by atoms with Crippen molar-refractivity contribution in [3.63, 3.8) is 0 Å². The van der Waals surface area contributed by atoms with Crippen LogP contribution in [0.5, 0.6) is 5.75 Å². The minimum absolute atomic E-state index is 0.00909. The van der Waals surface area contributed by atoms with Crippen LogP contribution in [0.1, 0.15) is 49.9 Å². The molecular formula is C27H28N2O. The number of hydrogen-bond acceptors (Lipinski definition) is 3. The van der Waals surface area contributed by atoms with Crippen LogP contribution in [-0.4, -0.2) is 17.9 Å². The number of hydrogen-bond donors (Lipinski definition) is 1. The predicted molar refractivity (Wildman–Crippen MR) is 125 cm³/mol. The summed E-state index contributed by atoms with van der Waals surface area (Å²) in [6.45, 7) is 9.66. The van der Waals surface area contributed by atoms with Crippen LogP contribution in [0.2, 0.25) is 0 Å². The van der Waals surface area contributed by atoms with E-state index in [1.165, 1.54) is 22.3 Å². The van der Waals surface area contributed by atoms with Crippen LogP contribution >= 0.6 is 0 Å². The molecule has 0 saturated heterocycles.